The van der Waals surface area contributed by atoms with Gasteiger partial charge in [-0.1, -0.05) is 6.07 Å². The molecular weight excluding hydrogens is 256 g/mol. The molecule has 0 unspecified atom stereocenters. The molecule has 1 rings (SSSR count). The molecule has 6 nitrogen and oxygen atoms in total. The first-order valence-corrected chi connectivity index (χ1v) is 5.46. The van der Waals surface area contributed by atoms with E-state index in [1.807, 2.05) is 24.3 Å². The number of allylic oxidation sites excluding steroid dienone is 2. The number of hydrogen-bond acceptors (Lipinski definition) is 6. The third-order valence-corrected chi connectivity index (χ3v) is 2.09. The van der Waals surface area contributed by atoms with Crippen LogP contribution in [0.25, 0.3) is 0 Å². The quantitative estimate of drug-likeness (QED) is 0.838. The van der Waals surface area contributed by atoms with Crippen LogP contribution in [0.15, 0.2) is 35.5 Å². The Labute approximate surface area is 117 Å². The predicted octanol–water partition coefficient (Wildman–Crippen LogP) is 1.86. The zero-order valence-corrected chi connectivity index (χ0v) is 11.3. The monoisotopic (exact) mass is 270 g/mol. The zero-order chi connectivity index (χ0) is 15.4. The molecule has 0 amide bonds. The van der Waals surface area contributed by atoms with Gasteiger partial charge in [0, 0.05) is 6.07 Å². The molecule has 0 heterocycles. The van der Waals surface area contributed by atoms with Crippen LogP contribution < -0.4 is 15.2 Å². The summed E-state index contributed by atoms with van der Waals surface area (Å²) in [5, 5.41) is 24.5. The maximum Gasteiger partial charge on any atom is 0.149 e. The van der Waals surface area contributed by atoms with Crippen LogP contribution in [0.2, 0.25) is 0 Å². The van der Waals surface area contributed by atoms with E-state index in [1.54, 1.807) is 32.4 Å². The minimum Gasteiger partial charge on any atom is -0.497 e. The second-order valence-electron chi connectivity index (χ2n) is 3.34. The number of hydrogen-bond donors (Lipinski definition) is 1. The highest BCUT2D eigenvalue weighted by molar-refractivity contribution is 5.39. The van der Waals surface area contributed by atoms with Gasteiger partial charge in [0.1, 0.15) is 29.2 Å². The number of methoxy groups -OCH3 is 2. The molecule has 0 spiro atoms. The van der Waals surface area contributed by atoms with Crippen molar-refractivity contribution in [1.29, 1.82) is 15.8 Å². The Morgan fingerprint density at radius 2 is 1.60 bits per heavy atom. The van der Waals surface area contributed by atoms with Crippen LogP contribution in [-0.4, -0.2) is 14.2 Å². The van der Waals surface area contributed by atoms with Crippen molar-refractivity contribution < 1.29 is 9.47 Å². The van der Waals surface area contributed by atoms with Gasteiger partial charge >= 0.3 is 0 Å². The van der Waals surface area contributed by atoms with Crippen molar-refractivity contribution in [2.75, 3.05) is 14.2 Å². The van der Waals surface area contributed by atoms with Crippen molar-refractivity contribution in [3.8, 4) is 29.7 Å². The van der Waals surface area contributed by atoms with Crippen LogP contribution >= 0.6 is 0 Å². The molecule has 0 aliphatic carbocycles. The topological polar surface area (TPSA) is 116 Å². The molecule has 0 radical (unpaired) electrons. The Balaban J connectivity index is 0.000000361. The van der Waals surface area contributed by atoms with Crippen LogP contribution in [-0.2, 0) is 0 Å². The zero-order valence-electron chi connectivity index (χ0n) is 11.3. The van der Waals surface area contributed by atoms with Crippen LogP contribution in [0.4, 0.5) is 0 Å². The molecular formula is C14H14N4O2. The fourth-order valence-electron chi connectivity index (χ4n) is 1.07. The molecule has 0 bridgehead atoms. The number of nitriles is 3. The maximum absolute atomic E-state index is 8.20. The first kappa shape index (κ1) is 16.8. The van der Waals surface area contributed by atoms with Gasteiger partial charge in [0.2, 0.25) is 0 Å². The SMILES string of the molecule is COc1cccc(OC)c1.N#CCC(N)=C(C#N)C#N. The summed E-state index contributed by atoms with van der Waals surface area (Å²) in [7, 11) is 3.27. The van der Waals surface area contributed by atoms with E-state index in [9.17, 15) is 0 Å². The first-order chi connectivity index (χ1) is 9.62. The molecule has 6 heteroatoms. The minimum absolute atomic E-state index is 0.0347. The Bertz CT molecular complexity index is 553. The lowest BCUT2D eigenvalue weighted by Crippen LogP contribution is -1.99. The van der Waals surface area contributed by atoms with Crippen molar-refractivity contribution in [2.24, 2.45) is 5.73 Å². The molecule has 0 saturated heterocycles. The predicted molar refractivity (Wildman–Crippen MR) is 72.2 cm³/mol. The van der Waals surface area contributed by atoms with Crippen LogP contribution in [0.1, 0.15) is 6.42 Å². The third-order valence-electron chi connectivity index (χ3n) is 2.09. The molecule has 0 aromatic heterocycles. The van der Waals surface area contributed by atoms with Crippen molar-refractivity contribution in [3.63, 3.8) is 0 Å². The molecule has 0 fully saturated rings. The number of rotatable bonds is 3. The maximum atomic E-state index is 8.20. The fraction of sp³-hybridized carbons (Fsp3) is 0.214. The molecule has 20 heavy (non-hydrogen) atoms. The largest absolute Gasteiger partial charge is 0.497 e. The summed E-state index contributed by atoms with van der Waals surface area (Å²) in [6, 6.07) is 12.4. The van der Waals surface area contributed by atoms with Gasteiger partial charge in [0.15, 0.2) is 0 Å². The van der Waals surface area contributed by atoms with E-state index in [4.69, 9.17) is 31.0 Å². The number of ether oxygens (including phenoxy) is 2. The van der Waals surface area contributed by atoms with Crippen LogP contribution in [0.3, 0.4) is 0 Å². The third kappa shape index (κ3) is 5.95. The summed E-state index contributed by atoms with van der Waals surface area (Å²) < 4.78 is 9.95. The van der Waals surface area contributed by atoms with Crippen LogP contribution in [0, 0.1) is 34.0 Å². The van der Waals surface area contributed by atoms with Crippen molar-refractivity contribution in [3.05, 3.63) is 35.5 Å². The Hall–Kier alpha value is -3.17. The van der Waals surface area contributed by atoms with Gasteiger partial charge in [-0.2, -0.15) is 15.8 Å². The first-order valence-electron chi connectivity index (χ1n) is 5.46. The lowest BCUT2D eigenvalue weighted by molar-refractivity contribution is 0.394. The second-order valence-corrected chi connectivity index (χ2v) is 3.34. The van der Waals surface area contributed by atoms with Gasteiger partial charge in [-0.05, 0) is 12.1 Å². The van der Waals surface area contributed by atoms with Crippen molar-refractivity contribution in [2.45, 2.75) is 6.42 Å². The summed E-state index contributed by atoms with van der Waals surface area (Å²) in [4.78, 5) is 0. The van der Waals surface area contributed by atoms with Gasteiger partial charge in [-0.3, -0.25) is 0 Å². The van der Waals surface area contributed by atoms with Crippen molar-refractivity contribution >= 4 is 0 Å². The number of benzene rings is 1. The summed E-state index contributed by atoms with van der Waals surface area (Å²) in [5.41, 5.74) is 5.02. The molecule has 0 saturated carbocycles. The smallest absolute Gasteiger partial charge is 0.149 e. The summed E-state index contributed by atoms with van der Waals surface area (Å²) >= 11 is 0. The van der Waals surface area contributed by atoms with Gasteiger partial charge in [0.25, 0.3) is 0 Å². The van der Waals surface area contributed by atoms with E-state index < -0.39 is 0 Å². The van der Waals surface area contributed by atoms with E-state index >= 15 is 0 Å². The van der Waals surface area contributed by atoms with Gasteiger partial charge in [-0.15, -0.1) is 0 Å². The van der Waals surface area contributed by atoms with Gasteiger partial charge in [0.05, 0.1) is 32.4 Å². The average molecular weight is 270 g/mol. The molecule has 2 N–H and O–H groups in total. The highest BCUT2D eigenvalue weighted by atomic mass is 16.5. The molecule has 0 aliphatic rings. The van der Waals surface area contributed by atoms with E-state index in [-0.39, 0.29) is 17.7 Å². The second kappa shape index (κ2) is 9.82. The normalized spacial score (nSPS) is 7.75. The standard InChI is InChI=1S/C8H10O2.C6H4N4/c1-9-7-4-3-5-8(6-7)10-2;7-2-1-6(10)5(3-8)4-9/h3-6H,1-2H3;1,10H2. The Morgan fingerprint density at radius 3 is 1.95 bits per heavy atom. The van der Waals surface area contributed by atoms with Crippen LogP contribution in [0.5, 0.6) is 11.5 Å². The number of nitrogens with zero attached hydrogens (tertiary/aromatic N) is 3. The lowest BCUT2D eigenvalue weighted by Gasteiger charge is -2.01. The van der Waals surface area contributed by atoms with Gasteiger partial charge < -0.3 is 15.2 Å². The summed E-state index contributed by atoms with van der Waals surface area (Å²) in [6.45, 7) is 0. The van der Waals surface area contributed by atoms with E-state index in [0.29, 0.717) is 0 Å². The highest BCUT2D eigenvalue weighted by Crippen LogP contribution is 2.17. The average Bonchev–Trinajstić information content (AvgIpc) is 2.49. The fourth-order valence-corrected chi connectivity index (χ4v) is 1.07. The molecule has 1 aromatic rings. The highest BCUT2D eigenvalue weighted by Gasteiger charge is 1.98. The molecule has 102 valence electrons. The van der Waals surface area contributed by atoms with Crippen molar-refractivity contribution in [1.82, 2.24) is 0 Å². The Morgan fingerprint density at radius 1 is 1.10 bits per heavy atom. The lowest BCUT2D eigenvalue weighted by atomic mass is 10.2. The van der Waals surface area contributed by atoms with E-state index in [0.717, 1.165) is 11.5 Å². The van der Waals surface area contributed by atoms with Gasteiger partial charge in [-0.25, -0.2) is 0 Å². The number of nitrogens with two attached hydrogens (primary N) is 1. The summed E-state index contributed by atoms with van der Waals surface area (Å²) in [6.07, 6.45) is -0.0730. The summed E-state index contributed by atoms with van der Waals surface area (Å²) in [5.74, 6) is 1.64. The minimum atomic E-state index is -0.179. The van der Waals surface area contributed by atoms with E-state index in [1.165, 1.54) is 0 Å². The molecule has 0 atom stereocenters. The molecule has 1 aromatic carbocycles. The van der Waals surface area contributed by atoms with E-state index in [2.05, 4.69) is 0 Å². The Kier molecular flexibility index (Phi) is 8.26. The molecule has 0 aliphatic heterocycles.